The van der Waals surface area contributed by atoms with Crippen molar-refractivity contribution in [3.05, 3.63) is 78.6 Å². The van der Waals surface area contributed by atoms with Crippen molar-refractivity contribution >= 4 is 28.7 Å². The minimum absolute atomic E-state index is 0.0563. The molecule has 4 rings (SSSR count). The van der Waals surface area contributed by atoms with Crippen LogP contribution in [-0.2, 0) is 0 Å². The fraction of sp³-hybridized carbons (Fsp3) is 0.250. The van der Waals surface area contributed by atoms with Gasteiger partial charge in [0.2, 0.25) is 0 Å². The molecule has 0 bridgehead atoms. The summed E-state index contributed by atoms with van der Waals surface area (Å²) in [5, 5.41) is 3.36. The van der Waals surface area contributed by atoms with Gasteiger partial charge in [0.1, 0.15) is 0 Å². The number of carbonyl (C=O) groups excluding carboxylic acids is 1. The summed E-state index contributed by atoms with van der Waals surface area (Å²) >= 11 is 0. The van der Waals surface area contributed by atoms with E-state index in [9.17, 15) is 4.79 Å². The molecule has 1 N–H and O–H groups in total. The van der Waals surface area contributed by atoms with Gasteiger partial charge in [-0.05, 0) is 62.2 Å². The van der Waals surface area contributed by atoms with Crippen LogP contribution >= 0.6 is 0 Å². The number of pyridine rings is 1. The number of benzene rings is 2. The van der Waals surface area contributed by atoms with E-state index in [4.69, 9.17) is 0 Å². The molecule has 1 amide bonds. The van der Waals surface area contributed by atoms with Crippen LogP contribution in [0.1, 0.15) is 30.1 Å². The van der Waals surface area contributed by atoms with Crippen molar-refractivity contribution in [2.75, 3.05) is 34.8 Å². The summed E-state index contributed by atoms with van der Waals surface area (Å²) in [4.78, 5) is 21.5. The highest BCUT2D eigenvalue weighted by molar-refractivity contribution is 6.06. The number of para-hydroxylation sites is 1. The van der Waals surface area contributed by atoms with Crippen LogP contribution in [-0.4, -0.2) is 30.5 Å². The molecule has 0 unspecified atom stereocenters. The third-order valence-electron chi connectivity index (χ3n) is 5.24. The third kappa shape index (κ3) is 4.40. The van der Waals surface area contributed by atoms with Gasteiger partial charge in [0.15, 0.2) is 0 Å². The molecule has 0 spiro atoms. The molecule has 0 saturated carbocycles. The van der Waals surface area contributed by atoms with Gasteiger partial charge in [-0.1, -0.05) is 18.2 Å². The minimum atomic E-state index is -0.0563. The van der Waals surface area contributed by atoms with E-state index in [2.05, 4.69) is 39.5 Å². The monoisotopic (exact) mass is 386 g/mol. The molecule has 0 radical (unpaired) electrons. The van der Waals surface area contributed by atoms with Crippen molar-refractivity contribution in [3.63, 3.8) is 0 Å². The minimum Gasteiger partial charge on any atom is -0.372 e. The Hall–Kier alpha value is -3.34. The zero-order chi connectivity index (χ0) is 20.1. The maximum atomic E-state index is 13.0. The zero-order valence-corrected chi connectivity index (χ0v) is 16.7. The SMILES string of the molecule is CCN(C(=O)c1cncc(Nc2ccc(N3CCCC3)cc2)c1)c1ccccc1. The summed E-state index contributed by atoms with van der Waals surface area (Å²) in [6, 6.07) is 20.0. The first-order chi connectivity index (χ1) is 14.2. The maximum Gasteiger partial charge on any atom is 0.259 e. The first-order valence-corrected chi connectivity index (χ1v) is 10.2. The highest BCUT2D eigenvalue weighted by atomic mass is 16.2. The standard InChI is InChI=1S/C24H26N4O/c1-2-28(23-8-4-3-5-9-23)24(29)19-16-21(18-25-17-19)26-20-10-12-22(13-11-20)27-14-6-7-15-27/h3-5,8-13,16-18,26H,2,6-7,14-15H2,1H3. The lowest BCUT2D eigenvalue weighted by molar-refractivity contribution is 0.0988. The van der Waals surface area contributed by atoms with Gasteiger partial charge in [0.25, 0.3) is 5.91 Å². The molecule has 2 heterocycles. The average molecular weight is 386 g/mol. The molecule has 1 saturated heterocycles. The Kier molecular flexibility index (Phi) is 5.75. The molecule has 1 fully saturated rings. The Labute approximate surface area is 172 Å². The van der Waals surface area contributed by atoms with Crippen LogP contribution in [0.4, 0.5) is 22.7 Å². The van der Waals surface area contributed by atoms with Crippen molar-refractivity contribution in [2.24, 2.45) is 0 Å². The fourth-order valence-corrected chi connectivity index (χ4v) is 3.73. The van der Waals surface area contributed by atoms with Crippen molar-refractivity contribution < 1.29 is 4.79 Å². The molecular formula is C24H26N4O. The highest BCUT2D eigenvalue weighted by Gasteiger charge is 2.17. The summed E-state index contributed by atoms with van der Waals surface area (Å²) in [5.41, 5.74) is 4.49. The van der Waals surface area contributed by atoms with Gasteiger partial charge in [-0.3, -0.25) is 9.78 Å². The van der Waals surface area contributed by atoms with Crippen LogP contribution in [0.5, 0.6) is 0 Å². The average Bonchev–Trinajstić information content (AvgIpc) is 3.31. The predicted molar refractivity (Wildman–Crippen MR) is 119 cm³/mol. The lowest BCUT2D eigenvalue weighted by atomic mass is 10.2. The summed E-state index contributed by atoms with van der Waals surface area (Å²) in [5.74, 6) is -0.0563. The van der Waals surface area contributed by atoms with Crippen LogP contribution in [0.2, 0.25) is 0 Å². The second-order valence-electron chi connectivity index (χ2n) is 7.21. The molecular weight excluding hydrogens is 360 g/mol. The van der Waals surface area contributed by atoms with E-state index < -0.39 is 0 Å². The maximum absolute atomic E-state index is 13.0. The molecule has 5 nitrogen and oxygen atoms in total. The predicted octanol–water partition coefficient (Wildman–Crippen LogP) is 5.09. The molecule has 2 aromatic carbocycles. The van der Waals surface area contributed by atoms with E-state index in [-0.39, 0.29) is 5.91 Å². The van der Waals surface area contributed by atoms with Crippen molar-refractivity contribution in [3.8, 4) is 0 Å². The molecule has 29 heavy (non-hydrogen) atoms. The number of hydrogen-bond acceptors (Lipinski definition) is 4. The number of aromatic nitrogens is 1. The quantitative estimate of drug-likeness (QED) is 0.641. The van der Waals surface area contributed by atoms with Crippen molar-refractivity contribution in [1.82, 2.24) is 4.98 Å². The van der Waals surface area contributed by atoms with Crippen LogP contribution in [0.25, 0.3) is 0 Å². The molecule has 0 aliphatic carbocycles. The topological polar surface area (TPSA) is 48.5 Å². The molecule has 148 valence electrons. The lowest BCUT2D eigenvalue weighted by Gasteiger charge is -2.21. The first kappa shape index (κ1) is 19.0. The second-order valence-corrected chi connectivity index (χ2v) is 7.21. The van der Waals surface area contributed by atoms with E-state index >= 15 is 0 Å². The number of rotatable bonds is 6. The van der Waals surface area contributed by atoms with Gasteiger partial charge in [-0.2, -0.15) is 0 Å². The van der Waals surface area contributed by atoms with Crippen molar-refractivity contribution in [1.29, 1.82) is 0 Å². The smallest absolute Gasteiger partial charge is 0.259 e. The van der Waals surface area contributed by atoms with Gasteiger partial charge in [0, 0.05) is 42.9 Å². The van der Waals surface area contributed by atoms with E-state index in [1.807, 2.05) is 43.3 Å². The lowest BCUT2D eigenvalue weighted by Crippen LogP contribution is -2.30. The van der Waals surface area contributed by atoms with Crippen molar-refractivity contribution in [2.45, 2.75) is 19.8 Å². The fourth-order valence-electron chi connectivity index (χ4n) is 3.73. The molecule has 0 atom stereocenters. The van der Waals surface area contributed by atoms with Gasteiger partial charge in [-0.15, -0.1) is 0 Å². The van der Waals surface area contributed by atoms with Crippen LogP contribution in [0.15, 0.2) is 73.1 Å². The Balaban J connectivity index is 1.49. The Morgan fingerprint density at radius 3 is 2.41 bits per heavy atom. The Morgan fingerprint density at radius 1 is 1.00 bits per heavy atom. The molecule has 5 heteroatoms. The van der Waals surface area contributed by atoms with Gasteiger partial charge in [-0.25, -0.2) is 0 Å². The second kappa shape index (κ2) is 8.78. The van der Waals surface area contributed by atoms with Crippen LogP contribution in [0, 0.1) is 0 Å². The van der Waals surface area contributed by atoms with E-state index in [1.165, 1.54) is 18.5 Å². The van der Waals surface area contributed by atoms with Crippen LogP contribution < -0.4 is 15.1 Å². The normalized spacial score (nSPS) is 13.3. The summed E-state index contributed by atoms with van der Waals surface area (Å²) in [7, 11) is 0. The highest BCUT2D eigenvalue weighted by Crippen LogP contribution is 2.24. The van der Waals surface area contributed by atoms with E-state index in [0.29, 0.717) is 12.1 Å². The number of nitrogens with one attached hydrogen (secondary N) is 1. The van der Waals surface area contributed by atoms with E-state index in [1.54, 1.807) is 17.3 Å². The Morgan fingerprint density at radius 2 is 1.72 bits per heavy atom. The Bertz CT molecular complexity index is 950. The number of anilines is 4. The van der Waals surface area contributed by atoms with Gasteiger partial charge in [0.05, 0.1) is 17.4 Å². The molecule has 3 aromatic rings. The summed E-state index contributed by atoms with van der Waals surface area (Å²) < 4.78 is 0. The zero-order valence-electron chi connectivity index (χ0n) is 16.7. The van der Waals surface area contributed by atoms with Gasteiger partial charge >= 0.3 is 0 Å². The summed E-state index contributed by atoms with van der Waals surface area (Å²) in [6.07, 6.45) is 5.90. The van der Waals surface area contributed by atoms with Crippen LogP contribution in [0.3, 0.4) is 0 Å². The number of hydrogen-bond donors (Lipinski definition) is 1. The molecule has 1 aliphatic heterocycles. The number of carbonyl (C=O) groups is 1. The third-order valence-corrected chi connectivity index (χ3v) is 5.24. The first-order valence-electron chi connectivity index (χ1n) is 10.2. The molecule has 1 aliphatic rings. The summed E-state index contributed by atoms with van der Waals surface area (Å²) in [6.45, 7) is 4.84. The largest absolute Gasteiger partial charge is 0.372 e. The van der Waals surface area contributed by atoms with E-state index in [0.717, 1.165) is 30.2 Å². The molecule has 1 aromatic heterocycles. The number of nitrogens with zero attached hydrogens (tertiary/aromatic N) is 3. The number of amides is 1. The van der Waals surface area contributed by atoms with Gasteiger partial charge < -0.3 is 15.1 Å².